The van der Waals surface area contributed by atoms with Crippen LogP contribution in [0.4, 0.5) is 5.13 Å². The highest BCUT2D eigenvalue weighted by Crippen LogP contribution is 2.34. The van der Waals surface area contributed by atoms with E-state index in [9.17, 15) is 14.4 Å². The molecular formula is C25H32N4O3S2. The van der Waals surface area contributed by atoms with Gasteiger partial charge in [-0.2, -0.15) is 0 Å². The molecule has 0 radical (unpaired) electrons. The fourth-order valence-electron chi connectivity index (χ4n) is 4.44. The Morgan fingerprint density at radius 3 is 2.71 bits per heavy atom. The summed E-state index contributed by atoms with van der Waals surface area (Å²) in [6.07, 6.45) is 9.83. The van der Waals surface area contributed by atoms with Crippen molar-refractivity contribution in [3.05, 3.63) is 40.4 Å². The normalized spacial score (nSPS) is 17.7. The number of rotatable bonds is 12. The van der Waals surface area contributed by atoms with Crippen molar-refractivity contribution < 1.29 is 14.4 Å². The molecule has 0 spiro atoms. The molecule has 2 aliphatic heterocycles. The molecule has 2 aromatic rings. The van der Waals surface area contributed by atoms with E-state index in [4.69, 9.17) is 0 Å². The molecule has 7 nitrogen and oxygen atoms in total. The Labute approximate surface area is 209 Å². The first-order valence-corrected chi connectivity index (χ1v) is 13.9. The molecule has 0 aliphatic carbocycles. The number of hydrogen-bond acceptors (Lipinski definition) is 7. The van der Waals surface area contributed by atoms with E-state index in [-0.39, 0.29) is 24.1 Å². The van der Waals surface area contributed by atoms with Gasteiger partial charge in [0.1, 0.15) is 6.04 Å². The standard InChI is InChI=1S/C25H32N4O3S2/c1-17-15-27-25(34-17)26-13-6-4-2-3-5-7-14-33-21-10-8-9-18-19(21)16-29(24(18)32)20-11-12-22(30)28-23(20)31/h8-10,15,20H,2-7,11-14,16H2,1H3,(H,26,27)(H,28,30,31). The van der Waals surface area contributed by atoms with E-state index < -0.39 is 6.04 Å². The molecule has 1 saturated heterocycles. The molecule has 3 amide bonds. The average Bonchev–Trinajstić information content (AvgIpc) is 3.38. The molecule has 1 unspecified atom stereocenters. The molecule has 3 heterocycles. The van der Waals surface area contributed by atoms with Crippen LogP contribution >= 0.6 is 23.1 Å². The number of benzene rings is 1. The maximum Gasteiger partial charge on any atom is 0.255 e. The number of thioether (sulfide) groups is 1. The van der Waals surface area contributed by atoms with Crippen molar-refractivity contribution in [2.75, 3.05) is 17.6 Å². The Morgan fingerprint density at radius 2 is 1.94 bits per heavy atom. The van der Waals surface area contributed by atoms with Crippen LogP contribution in [0.25, 0.3) is 0 Å². The van der Waals surface area contributed by atoms with Gasteiger partial charge in [-0.15, -0.1) is 23.1 Å². The third kappa shape index (κ3) is 6.18. The Morgan fingerprint density at radius 1 is 1.15 bits per heavy atom. The molecule has 0 saturated carbocycles. The number of nitrogens with zero attached hydrogens (tertiary/aromatic N) is 2. The quantitative estimate of drug-likeness (QED) is 0.248. The van der Waals surface area contributed by atoms with Crippen molar-refractivity contribution >= 4 is 46.0 Å². The second-order valence-electron chi connectivity index (χ2n) is 8.85. The van der Waals surface area contributed by atoms with E-state index in [1.807, 2.05) is 18.3 Å². The topological polar surface area (TPSA) is 91.4 Å². The van der Waals surface area contributed by atoms with Gasteiger partial charge in [0.2, 0.25) is 11.8 Å². The first kappa shape index (κ1) is 24.7. The molecule has 1 aromatic heterocycles. The van der Waals surface area contributed by atoms with Gasteiger partial charge in [0, 0.05) is 41.0 Å². The van der Waals surface area contributed by atoms with Crippen LogP contribution in [0.2, 0.25) is 0 Å². The van der Waals surface area contributed by atoms with E-state index in [1.54, 1.807) is 28.0 Å². The third-order valence-electron chi connectivity index (χ3n) is 6.27. The Bertz CT molecular complexity index is 1040. The summed E-state index contributed by atoms with van der Waals surface area (Å²) in [5.74, 6) is 0.296. The minimum Gasteiger partial charge on any atom is -0.362 e. The molecular weight excluding hydrogens is 468 g/mol. The number of fused-ring (bicyclic) bond motifs is 1. The lowest BCUT2D eigenvalue weighted by molar-refractivity contribution is -0.136. The van der Waals surface area contributed by atoms with Gasteiger partial charge in [-0.05, 0) is 49.6 Å². The van der Waals surface area contributed by atoms with Gasteiger partial charge in [0.15, 0.2) is 5.13 Å². The van der Waals surface area contributed by atoms with Crippen LogP contribution in [0.1, 0.15) is 72.2 Å². The summed E-state index contributed by atoms with van der Waals surface area (Å²) in [6, 6.07) is 5.28. The Hall–Kier alpha value is -2.39. The molecule has 1 fully saturated rings. The first-order chi connectivity index (χ1) is 16.5. The summed E-state index contributed by atoms with van der Waals surface area (Å²) in [6.45, 7) is 3.50. The summed E-state index contributed by atoms with van der Waals surface area (Å²) in [7, 11) is 0. The van der Waals surface area contributed by atoms with Crippen molar-refractivity contribution in [1.29, 1.82) is 0 Å². The molecule has 2 aliphatic rings. The molecule has 182 valence electrons. The number of thiazole rings is 1. The largest absolute Gasteiger partial charge is 0.362 e. The van der Waals surface area contributed by atoms with Gasteiger partial charge in [-0.3, -0.25) is 19.7 Å². The van der Waals surface area contributed by atoms with Crippen LogP contribution in [-0.4, -0.2) is 45.9 Å². The number of imide groups is 1. The maximum absolute atomic E-state index is 12.9. The smallest absolute Gasteiger partial charge is 0.255 e. The van der Waals surface area contributed by atoms with Gasteiger partial charge in [-0.1, -0.05) is 31.7 Å². The second-order valence-corrected chi connectivity index (χ2v) is 11.2. The molecule has 34 heavy (non-hydrogen) atoms. The zero-order chi connectivity index (χ0) is 23.9. The summed E-state index contributed by atoms with van der Waals surface area (Å²) in [4.78, 5) is 45.0. The van der Waals surface area contributed by atoms with Crippen LogP contribution in [0.15, 0.2) is 29.3 Å². The number of nitrogens with one attached hydrogen (secondary N) is 2. The zero-order valence-electron chi connectivity index (χ0n) is 19.6. The highest BCUT2D eigenvalue weighted by Gasteiger charge is 2.39. The first-order valence-electron chi connectivity index (χ1n) is 12.1. The van der Waals surface area contributed by atoms with Gasteiger partial charge < -0.3 is 10.2 Å². The van der Waals surface area contributed by atoms with E-state index in [2.05, 4.69) is 28.6 Å². The fraction of sp³-hybridized carbons (Fsp3) is 0.520. The molecule has 1 atom stereocenters. The van der Waals surface area contributed by atoms with Crippen LogP contribution in [0.5, 0.6) is 0 Å². The number of unbranched alkanes of at least 4 members (excludes halogenated alkanes) is 5. The third-order valence-corrected chi connectivity index (χ3v) is 8.32. The van der Waals surface area contributed by atoms with Crippen molar-refractivity contribution in [3.8, 4) is 0 Å². The highest BCUT2D eigenvalue weighted by molar-refractivity contribution is 7.99. The zero-order valence-corrected chi connectivity index (χ0v) is 21.2. The Balaban J connectivity index is 1.14. The number of aromatic nitrogens is 1. The summed E-state index contributed by atoms with van der Waals surface area (Å²) in [5.41, 5.74) is 1.71. The van der Waals surface area contributed by atoms with Crippen molar-refractivity contribution in [3.63, 3.8) is 0 Å². The van der Waals surface area contributed by atoms with Crippen molar-refractivity contribution in [2.24, 2.45) is 0 Å². The number of piperidine rings is 1. The lowest BCUT2D eigenvalue weighted by Gasteiger charge is -2.29. The Kier molecular flexibility index (Phi) is 8.61. The highest BCUT2D eigenvalue weighted by atomic mass is 32.2. The van der Waals surface area contributed by atoms with Gasteiger partial charge in [0.25, 0.3) is 5.91 Å². The van der Waals surface area contributed by atoms with Gasteiger partial charge >= 0.3 is 0 Å². The van der Waals surface area contributed by atoms with E-state index >= 15 is 0 Å². The summed E-state index contributed by atoms with van der Waals surface area (Å²) >= 11 is 3.50. The van der Waals surface area contributed by atoms with Crippen molar-refractivity contribution in [2.45, 2.75) is 75.8 Å². The number of hydrogen-bond donors (Lipinski definition) is 2. The summed E-state index contributed by atoms with van der Waals surface area (Å²) in [5, 5.41) is 6.77. The van der Waals surface area contributed by atoms with E-state index in [1.165, 1.54) is 37.0 Å². The van der Waals surface area contributed by atoms with Crippen molar-refractivity contribution in [1.82, 2.24) is 15.2 Å². The number of aryl methyl sites for hydroxylation is 1. The molecule has 2 N–H and O–H groups in total. The molecule has 9 heteroatoms. The van der Waals surface area contributed by atoms with Crippen LogP contribution in [0.3, 0.4) is 0 Å². The van der Waals surface area contributed by atoms with Crippen LogP contribution < -0.4 is 10.6 Å². The van der Waals surface area contributed by atoms with Crippen LogP contribution in [0, 0.1) is 6.92 Å². The van der Waals surface area contributed by atoms with Gasteiger partial charge in [0.05, 0.1) is 0 Å². The minimum atomic E-state index is -0.559. The number of amides is 3. The van der Waals surface area contributed by atoms with E-state index in [0.717, 1.165) is 34.3 Å². The lowest BCUT2D eigenvalue weighted by Crippen LogP contribution is -2.52. The van der Waals surface area contributed by atoms with E-state index in [0.29, 0.717) is 18.5 Å². The molecule has 1 aromatic carbocycles. The number of carbonyl (C=O) groups is 3. The van der Waals surface area contributed by atoms with Crippen LogP contribution in [-0.2, 0) is 16.1 Å². The predicted molar refractivity (Wildman–Crippen MR) is 136 cm³/mol. The number of anilines is 1. The average molecular weight is 501 g/mol. The monoisotopic (exact) mass is 500 g/mol. The summed E-state index contributed by atoms with van der Waals surface area (Å²) < 4.78 is 0. The molecule has 4 rings (SSSR count). The molecule has 0 bridgehead atoms. The number of carbonyl (C=O) groups excluding carboxylic acids is 3. The lowest BCUT2D eigenvalue weighted by atomic mass is 10.0. The fourth-order valence-corrected chi connectivity index (χ4v) is 6.22. The minimum absolute atomic E-state index is 0.105. The predicted octanol–water partition coefficient (Wildman–Crippen LogP) is 4.76. The van der Waals surface area contributed by atoms with Gasteiger partial charge in [-0.25, -0.2) is 4.98 Å². The second kappa shape index (κ2) is 11.8. The SMILES string of the molecule is Cc1cnc(NCCCCCCCCSc2cccc3c2CN(C2CCC(=O)NC2=O)C3=O)s1. The maximum atomic E-state index is 12.9.